The van der Waals surface area contributed by atoms with Crippen LogP contribution in [-0.4, -0.2) is 14.9 Å². The fraction of sp³-hybridized carbons (Fsp3) is 0.125. The van der Waals surface area contributed by atoms with E-state index in [1.165, 1.54) is 17.3 Å². The molecule has 0 fully saturated rings. The molecule has 120 valence electrons. The number of aromatic nitrogens is 2. The van der Waals surface area contributed by atoms with Gasteiger partial charge in [-0.1, -0.05) is 23.9 Å². The Kier molecular flexibility index (Phi) is 6.31. The van der Waals surface area contributed by atoms with Crippen LogP contribution in [0.1, 0.15) is 11.3 Å². The molecular formula is C16H17ClN4OS. The van der Waals surface area contributed by atoms with E-state index in [1.807, 2.05) is 41.2 Å². The zero-order valence-electron chi connectivity index (χ0n) is 12.3. The van der Waals surface area contributed by atoms with E-state index < -0.39 is 0 Å². The molecule has 5 nitrogen and oxygen atoms in total. The first-order valence-electron chi connectivity index (χ1n) is 6.85. The molecule has 7 heteroatoms. The van der Waals surface area contributed by atoms with Crippen LogP contribution in [0.25, 0.3) is 5.69 Å². The molecular weight excluding hydrogens is 332 g/mol. The minimum atomic E-state index is 0. The fourth-order valence-corrected chi connectivity index (χ4v) is 2.59. The minimum absolute atomic E-state index is 0. The summed E-state index contributed by atoms with van der Waals surface area (Å²) in [7, 11) is 0. The van der Waals surface area contributed by atoms with Gasteiger partial charge in [0.1, 0.15) is 5.76 Å². The smallest absolute Gasteiger partial charge is 0.154 e. The van der Waals surface area contributed by atoms with Crippen molar-refractivity contribution in [1.82, 2.24) is 9.78 Å². The third kappa shape index (κ3) is 4.91. The summed E-state index contributed by atoms with van der Waals surface area (Å²) in [6, 6.07) is 13.9. The second-order valence-electron chi connectivity index (χ2n) is 4.64. The highest BCUT2D eigenvalue weighted by molar-refractivity contribution is 8.13. The zero-order chi connectivity index (χ0) is 15.2. The van der Waals surface area contributed by atoms with Crippen molar-refractivity contribution in [3.63, 3.8) is 0 Å². The van der Waals surface area contributed by atoms with Crippen molar-refractivity contribution in [3.8, 4) is 5.69 Å². The molecule has 3 aromatic rings. The maximum atomic E-state index is 5.90. The van der Waals surface area contributed by atoms with Crippen LogP contribution in [-0.2, 0) is 12.3 Å². The third-order valence-electron chi connectivity index (χ3n) is 3.06. The van der Waals surface area contributed by atoms with E-state index in [0.29, 0.717) is 11.7 Å². The summed E-state index contributed by atoms with van der Waals surface area (Å²) < 4.78 is 7.04. The maximum Gasteiger partial charge on any atom is 0.154 e. The third-order valence-corrected chi connectivity index (χ3v) is 3.97. The monoisotopic (exact) mass is 348 g/mol. The predicted molar refractivity (Wildman–Crippen MR) is 96.1 cm³/mol. The van der Waals surface area contributed by atoms with E-state index in [0.717, 1.165) is 17.2 Å². The molecule has 0 spiro atoms. The molecule has 0 saturated carbocycles. The van der Waals surface area contributed by atoms with Crippen molar-refractivity contribution >= 4 is 29.3 Å². The van der Waals surface area contributed by atoms with E-state index in [2.05, 4.69) is 22.2 Å². The fourth-order valence-electron chi connectivity index (χ4n) is 1.93. The van der Waals surface area contributed by atoms with Crippen LogP contribution in [0.2, 0.25) is 0 Å². The number of furan rings is 1. The van der Waals surface area contributed by atoms with Crippen LogP contribution < -0.4 is 5.73 Å². The summed E-state index contributed by atoms with van der Waals surface area (Å²) in [5.41, 5.74) is 8.13. The predicted octanol–water partition coefficient (Wildman–Crippen LogP) is 3.64. The molecule has 23 heavy (non-hydrogen) atoms. The van der Waals surface area contributed by atoms with Crippen molar-refractivity contribution in [2.75, 3.05) is 0 Å². The van der Waals surface area contributed by atoms with E-state index in [-0.39, 0.29) is 12.4 Å². The molecule has 1 aromatic carbocycles. The highest BCUT2D eigenvalue weighted by atomic mass is 35.5. The normalized spacial score (nSPS) is 11.2. The largest absolute Gasteiger partial charge is 0.467 e. The molecule has 0 aliphatic heterocycles. The lowest BCUT2D eigenvalue weighted by Crippen LogP contribution is -2.07. The Morgan fingerprint density at radius 2 is 2.04 bits per heavy atom. The summed E-state index contributed by atoms with van der Waals surface area (Å²) in [6.45, 7) is 0.476. The molecule has 3 rings (SSSR count). The van der Waals surface area contributed by atoms with Crippen LogP contribution in [0.3, 0.4) is 0 Å². The number of halogens is 1. The van der Waals surface area contributed by atoms with E-state index in [9.17, 15) is 0 Å². The number of thioether (sulfide) groups is 1. The molecule has 2 heterocycles. The zero-order valence-corrected chi connectivity index (χ0v) is 14.0. The number of hydrogen-bond acceptors (Lipinski definition) is 4. The number of aliphatic imine (C=N–C) groups is 1. The highest BCUT2D eigenvalue weighted by Gasteiger charge is 2.00. The molecule has 0 saturated heterocycles. The van der Waals surface area contributed by atoms with Crippen molar-refractivity contribution in [1.29, 1.82) is 0 Å². The molecule has 0 unspecified atom stereocenters. The Morgan fingerprint density at radius 1 is 1.22 bits per heavy atom. The molecule has 2 aromatic heterocycles. The van der Waals surface area contributed by atoms with Crippen LogP contribution in [0.15, 0.2) is 70.5 Å². The molecule has 0 amide bonds. The average Bonchev–Trinajstić information content (AvgIpc) is 3.24. The highest BCUT2D eigenvalue weighted by Crippen LogP contribution is 2.15. The van der Waals surface area contributed by atoms with Crippen LogP contribution in [0, 0.1) is 0 Å². The lowest BCUT2D eigenvalue weighted by molar-refractivity contribution is 0.513. The minimum Gasteiger partial charge on any atom is -0.467 e. The number of nitrogens with two attached hydrogens (primary N) is 1. The van der Waals surface area contributed by atoms with Gasteiger partial charge in [0.2, 0.25) is 0 Å². The number of hydrogen-bond donors (Lipinski definition) is 1. The van der Waals surface area contributed by atoms with Gasteiger partial charge in [-0.05, 0) is 35.9 Å². The van der Waals surface area contributed by atoms with Crippen LogP contribution >= 0.6 is 24.2 Å². The van der Waals surface area contributed by atoms with Gasteiger partial charge in [-0.15, -0.1) is 12.4 Å². The Bertz CT molecular complexity index is 724. The number of rotatable bonds is 5. The quantitative estimate of drug-likeness (QED) is 0.564. The summed E-state index contributed by atoms with van der Waals surface area (Å²) in [5.74, 6) is 1.60. The number of nitrogens with zero attached hydrogens (tertiary/aromatic N) is 3. The van der Waals surface area contributed by atoms with E-state index in [1.54, 1.807) is 12.5 Å². The first-order valence-corrected chi connectivity index (χ1v) is 7.84. The molecule has 0 aliphatic rings. The van der Waals surface area contributed by atoms with Gasteiger partial charge in [0.25, 0.3) is 0 Å². The molecule has 0 atom stereocenters. The van der Waals surface area contributed by atoms with E-state index >= 15 is 0 Å². The Morgan fingerprint density at radius 3 is 2.70 bits per heavy atom. The van der Waals surface area contributed by atoms with Crippen molar-refractivity contribution in [2.45, 2.75) is 12.3 Å². The Hall–Kier alpha value is -2.18. The summed E-state index contributed by atoms with van der Waals surface area (Å²) in [6.07, 6.45) is 5.32. The van der Waals surface area contributed by atoms with Gasteiger partial charge in [0, 0.05) is 18.1 Å². The Labute approximate surface area is 145 Å². The second-order valence-corrected chi connectivity index (χ2v) is 5.64. The summed E-state index contributed by atoms with van der Waals surface area (Å²) in [4.78, 5) is 4.29. The van der Waals surface area contributed by atoms with Crippen molar-refractivity contribution in [2.24, 2.45) is 10.7 Å². The lowest BCUT2D eigenvalue weighted by Gasteiger charge is -2.04. The summed E-state index contributed by atoms with van der Waals surface area (Å²) in [5, 5.41) is 4.77. The maximum absolute atomic E-state index is 5.90. The average molecular weight is 349 g/mol. The summed E-state index contributed by atoms with van der Waals surface area (Å²) >= 11 is 1.52. The van der Waals surface area contributed by atoms with Crippen LogP contribution in [0.5, 0.6) is 0 Å². The van der Waals surface area contributed by atoms with E-state index in [4.69, 9.17) is 10.2 Å². The van der Waals surface area contributed by atoms with Gasteiger partial charge >= 0.3 is 0 Å². The number of amidine groups is 1. The molecule has 0 bridgehead atoms. The van der Waals surface area contributed by atoms with Crippen molar-refractivity contribution < 1.29 is 4.42 Å². The van der Waals surface area contributed by atoms with Gasteiger partial charge in [0.05, 0.1) is 18.5 Å². The van der Waals surface area contributed by atoms with Gasteiger partial charge < -0.3 is 10.2 Å². The van der Waals surface area contributed by atoms with Crippen LogP contribution in [0.4, 0.5) is 0 Å². The molecule has 0 aliphatic carbocycles. The first kappa shape index (κ1) is 17.2. The molecule has 2 N–H and O–H groups in total. The Balaban J connectivity index is 0.00000192. The SMILES string of the molecule is Cl.NC(=NCc1ccco1)SCc1ccc(-n2cccn2)cc1. The molecule has 0 radical (unpaired) electrons. The van der Waals surface area contributed by atoms with Gasteiger partial charge in [0.15, 0.2) is 5.17 Å². The topological polar surface area (TPSA) is 69.3 Å². The lowest BCUT2D eigenvalue weighted by atomic mass is 10.2. The number of benzene rings is 1. The van der Waals surface area contributed by atoms with Gasteiger partial charge in [-0.2, -0.15) is 5.10 Å². The van der Waals surface area contributed by atoms with Gasteiger partial charge in [-0.3, -0.25) is 4.99 Å². The standard InChI is InChI=1S/C16H16N4OS.ClH/c17-16(18-11-15-3-1-10-21-15)22-12-13-4-6-14(7-5-13)20-9-2-8-19-20;/h1-10H,11-12H2,(H2,17,18);1H. The van der Waals surface area contributed by atoms with Gasteiger partial charge in [-0.25, -0.2) is 4.68 Å². The second kappa shape index (κ2) is 8.45. The first-order chi connectivity index (χ1) is 10.8. The van der Waals surface area contributed by atoms with Crippen molar-refractivity contribution in [3.05, 3.63) is 72.4 Å².